The van der Waals surface area contributed by atoms with Crippen molar-refractivity contribution in [3.05, 3.63) is 64.7 Å². The molecule has 0 aliphatic heterocycles. The summed E-state index contributed by atoms with van der Waals surface area (Å²) < 4.78 is 0. The number of carbonyl (C=O) groups excluding carboxylic acids is 1. The van der Waals surface area contributed by atoms with Gasteiger partial charge in [-0.1, -0.05) is 36.4 Å². The molecular formula is C15H12OS. The van der Waals surface area contributed by atoms with Gasteiger partial charge in [0.05, 0.1) is 0 Å². The maximum atomic E-state index is 12.4. The molecule has 0 aromatic heterocycles. The van der Waals surface area contributed by atoms with Crippen LogP contribution in [0.5, 0.6) is 0 Å². The molecule has 0 heterocycles. The van der Waals surface area contributed by atoms with Crippen LogP contribution >= 0.6 is 11.8 Å². The van der Waals surface area contributed by atoms with E-state index in [9.17, 15) is 4.79 Å². The highest BCUT2D eigenvalue weighted by Gasteiger charge is 2.24. The Morgan fingerprint density at radius 3 is 2.59 bits per heavy atom. The Labute approximate surface area is 105 Å². The second-order valence-electron chi connectivity index (χ2n) is 4.15. The Balaban J connectivity index is 2.23. The van der Waals surface area contributed by atoms with E-state index in [1.807, 2.05) is 36.4 Å². The maximum Gasteiger partial charge on any atom is 0.193 e. The number of benzene rings is 2. The van der Waals surface area contributed by atoms with Gasteiger partial charge in [-0.25, -0.2) is 0 Å². The van der Waals surface area contributed by atoms with E-state index in [2.05, 4.69) is 12.3 Å². The van der Waals surface area contributed by atoms with Crippen LogP contribution in [0.3, 0.4) is 0 Å². The Bertz CT molecular complexity index is 602. The van der Waals surface area contributed by atoms with E-state index in [-0.39, 0.29) is 5.78 Å². The average molecular weight is 240 g/mol. The lowest BCUT2D eigenvalue weighted by Crippen LogP contribution is -2.15. The molecule has 1 aliphatic carbocycles. The zero-order valence-corrected chi connectivity index (χ0v) is 10.4. The van der Waals surface area contributed by atoms with Gasteiger partial charge in [0, 0.05) is 22.4 Å². The van der Waals surface area contributed by atoms with Crippen LogP contribution in [0.15, 0.2) is 47.4 Å². The molecule has 84 valence electrons. The zero-order valence-electron chi connectivity index (χ0n) is 9.57. The summed E-state index contributed by atoms with van der Waals surface area (Å²) in [5.41, 5.74) is 4.06. The molecule has 2 aromatic carbocycles. The Morgan fingerprint density at radius 1 is 1.00 bits per heavy atom. The monoisotopic (exact) mass is 240 g/mol. The van der Waals surface area contributed by atoms with Gasteiger partial charge in [0.2, 0.25) is 0 Å². The van der Waals surface area contributed by atoms with E-state index >= 15 is 0 Å². The second kappa shape index (κ2) is 4.04. The van der Waals surface area contributed by atoms with Crippen LogP contribution in [0.1, 0.15) is 27.0 Å². The van der Waals surface area contributed by atoms with Crippen molar-refractivity contribution in [1.82, 2.24) is 0 Å². The third kappa shape index (κ3) is 1.60. The molecule has 0 fully saturated rings. The van der Waals surface area contributed by atoms with Crippen LogP contribution in [0.25, 0.3) is 0 Å². The Kier molecular flexibility index (Phi) is 2.52. The second-order valence-corrected chi connectivity index (χ2v) is 5.00. The van der Waals surface area contributed by atoms with Crippen LogP contribution in [-0.2, 0) is 6.42 Å². The summed E-state index contributed by atoms with van der Waals surface area (Å²) in [7, 11) is 0. The first-order chi connectivity index (χ1) is 8.31. The van der Waals surface area contributed by atoms with Crippen LogP contribution in [0.2, 0.25) is 0 Å². The average Bonchev–Trinajstić information content (AvgIpc) is 2.38. The number of thioether (sulfide) groups is 1. The van der Waals surface area contributed by atoms with E-state index < -0.39 is 0 Å². The number of ketones is 1. The molecule has 1 aliphatic rings. The van der Waals surface area contributed by atoms with Gasteiger partial charge >= 0.3 is 0 Å². The Morgan fingerprint density at radius 2 is 1.76 bits per heavy atom. The maximum absolute atomic E-state index is 12.4. The van der Waals surface area contributed by atoms with Crippen LogP contribution < -0.4 is 0 Å². The highest BCUT2D eigenvalue weighted by molar-refractivity contribution is 7.98. The first kappa shape index (κ1) is 10.6. The standard InChI is InChI=1S/C15H12OS/c1-17-14-8-4-7-12-13(14)9-10-5-2-3-6-11(10)15(12)16/h2-8H,9H2,1H3. The molecule has 0 atom stereocenters. The van der Waals surface area contributed by atoms with Crippen molar-refractivity contribution in [2.45, 2.75) is 11.3 Å². The van der Waals surface area contributed by atoms with Crippen molar-refractivity contribution in [2.24, 2.45) is 0 Å². The van der Waals surface area contributed by atoms with Gasteiger partial charge in [0.1, 0.15) is 0 Å². The smallest absolute Gasteiger partial charge is 0.193 e. The predicted octanol–water partition coefficient (Wildman–Crippen LogP) is 3.54. The van der Waals surface area contributed by atoms with E-state index in [4.69, 9.17) is 0 Å². The lowest BCUT2D eigenvalue weighted by Gasteiger charge is -2.20. The van der Waals surface area contributed by atoms with E-state index in [1.54, 1.807) is 11.8 Å². The minimum Gasteiger partial charge on any atom is -0.289 e. The largest absolute Gasteiger partial charge is 0.289 e. The van der Waals surface area contributed by atoms with Gasteiger partial charge < -0.3 is 0 Å². The molecule has 17 heavy (non-hydrogen) atoms. The highest BCUT2D eigenvalue weighted by Crippen LogP contribution is 2.32. The molecule has 2 aromatic rings. The number of hydrogen-bond acceptors (Lipinski definition) is 2. The van der Waals surface area contributed by atoms with Gasteiger partial charge in [-0.15, -0.1) is 11.8 Å². The lowest BCUT2D eigenvalue weighted by molar-refractivity contribution is 0.103. The fourth-order valence-corrected chi connectivity index (χ4v) is 3.03. The molecule has 0 unspecified atom stereocenters. The fourth-order valence-electron chi connectivity index (χ4n) is 2.38. The molecule has 0 N–H and O–H groups in total. The van der Waals surface area contributed by atoms with Gasteiger partial charge in [-0.05, 0) is 23.4 Å². The minimum absolute atomic E-state index is 0.165. The number of rotatable bonds is 1. The van der Waals surface area contributed by atoms with Crippen LogP contribution in [-0.4, -0.2) is 12.0 Å². The number of fused-ring (bicyclic) bond motifs is 2. The summed E-state index contributed by atoms with van der Waals surface area (Å²) in [4.78, 5) is 13.6. The molecular weight excluding hydrogens is 228 g/mol. The first-order valence-electron chi connectivity index (χ1n) is 5.59. The molecule has 2 heteroatoms. The summed E-state index contributed by atoms with van der Waals surface area (Å²) in [6.45, 7) is 0. The van der Waals surface area contributed by atoms with E-state index in [1.165, 1.54) is 10.5 Å². The summed E-state index contributed by atoms with van der Waals surface area (Å²) in [6, 6.07) is 13.9. The van der Waals surface area contributed by atoms with Crippen molar-refractivity contribution in [1.29, 1.82) is 0 Å². The summed E-state index contributed by atoms with van der Waals surface area (Å²) in [6.07, 6.45) is 2.93. The third-order valence-corrected chi connectivity index (χ3v) is 4.05. The predicted molar refractivity (Wildman–Crippen MR) is 70.9 cm³/mol. The quantitative estimate of drug-likeness (QED) is 0.605. The first-order valence-corrected chi connectivity index (χ1v) is 6.82. The molecule has 1 nitrogen and oxygen atoms in total. The third-order valence-electron chi connectivity index (χ3n) is 3.23. The van der Waals surface area contributed by atoms with Gasteiger partial charge in [0.25, 0.3) is 0 Å². The van der Waals surface area contributed by atoms with Crippen LogP contribution in [0.4, 0.5) is 0 Å². The molecule has 0 bridgehead atoms. The van der Waals surface area contributed by atoms with Crippen LogP contribution in [0, 0.1) is 0 Å². The molecule has 0 amide bonds. The van der Waals surface area contributed by atoms with E-state index in [0.29, 0.717) is 0 Å². The van der Waals surface area contributed by atoms with Gasteiger partial charge in [-0.3, -0.25) is 4.79 Å². The fraction of sp³-hybridized carbons (Fsp3) is 0.133. The molecule has 3 rings (SSSR count). The molecule has 0 saturated heterocycles. The van der Waals surface area contributed by atoms with Crippen molar-refractivity contribution >= 4 is 17.5 Å². The summed E-state index contributed by atoms with van der Waals surface area (Å²) in [5.74, 6) is 0.165. The SMILES string of the molecule is CSc1cccc2c1Cc1ccccc1C2=O. The molecule has 0 saturated carbocycles. The summed E-state index contributed by atoms with van der Waals surface area (Å²) >= 11 is 1.71. The number of hydrogen-bond donors (Lipinski definition) is 0. The van der Waals surface area contributed by atoms with E-state index in [0.717, 1.165) is 23.1 Å². The summed E-state index contributed by atoms with van der Waals surface area (Å²) in [5, 5.41) is 0. The van der Waals surface area contributed by atoms with Crippen molar-refractivity contribution in [3.63, 3.8) is 0 Å². The van der Waals surface area contributed by atoms with Crippen molar-refractivity contribution in [3.8, 4) is 0 Å². The normalized spacial score (nSPS) is 13.1. The highest BCUT2D eigenvalue weighted by atomic mass is 32.2. The van der Waals surface area contributed by atoms with Gasteiger partial charge in [-0.2, -0.15) is 0 Å². The lowest BCUT2D eigenvalue weighted by atomic mass is 9.85. The zero-order chi connectivity index (χ0) is 11.8. The molecule has 0 spiro atoms. The minimum atomic E-state index is 0.165. The Hall–Kier alpha value is -1.54. The van der Waals surface area contributed by atoms with Gasteiger partial charge in [0.15, 0.2) is 5.78 Å². The topological polar surface area (TPSA) is 17.1 Å². The number of carbonyl (C=O) groups is 1. The van der Waals surface area contributed by atoms with Crippen molar-refractivity contribution in [2.75, 3.05) is 6.26 Å². The molecule has 0 radical (unpaired) electrons. The van der Waals surface area contributed by atoms with Crippen molar-refractivity contribution < 1.29 is 4.79 Å².